The van der Waals surface area contributed by atoms with Crippen molar-refractivity contribution in [2.75, 3.05) is 19.4 Å². The van der Waals surface area contributed by atoms with E-state index in [4.69, 9.17) is 0 Å². The molecule has 0 atom stereocenters. The second kappa shape index (κ2) is 7.74. The fraction of sp³-hybridized carbons (Fsp3) is 0.118. The van der Waals surface area contributed by atoms with Crippen molar-refractivity contribution in [1.82, 2.24) is 4.31 Å². The average Bonchev–Trinajstić information content (AvgIpc) is 2.54. The maximum Gasteiger partial charge on any atom is 0.248 e. The van der Waals surface area contributed by atoms with Crippen molar-refractivity contribution in [3.8, 4) is 0 Å². The quantitative estimate of drug-likeness (QED) is 0.771. The Hall–Kier alpha value is -1.96. The van der Waals surface area contributed by atoms with Crippen LogP contribution in [0.15, 0.2) is 64.0 Å². The molecule has 0 radical (unpaired) electrons. The smallest absolute Gasteiger partial charge is 0.248 e. The van der Waals surface area contributed by atoms with Crippen LogP contribution in [0, 0.1) is 0 Å². The highest BCUT2D eigenvalue weighted by molar-refractivity contribution is 9.10. The van der Waals surface area contributed by atoms with Gasteiger partial charge in [-0.05, 0) is 35.9 Å². The van der Waals surface area contributed by atoms with E-state index in [1.165, 1.54) is 32.3 Å². The first-order valence-corrected chi connectivity index (χ1v) is 9.30. The number of carbonyl (C=O) groups is 1. The summed E-state index contributed by atoms with van der Waals surface area (Å²) >= 11 is 3.40. The summed E-state index contributed by atoms with van der Waals surface area (Å²) in [5, 5.41) is 2.66. The third-order valence-corrected chi connectivity index (χ3v) is 5.73. The molecule has 0 saturated heterocycles. The van der Waals surface area contributed by atoms with Crippen LogP contribution in [-0.2, 0) is 14.8 Å². The minimum absolute atomic E-state index is 0.125. The molecule has 7 heteroatoms. The van der Waals surface area contributed by atoms with Gasteiger partial charge in [-0.15, -0.1) is 0 Å². The number of nitrogens with one attached hydrogen (secondary N) is 1. The van der Waals surface area contributed by atoms with Crippen molar-refractivity contribution in [3.63, 3.8) is 0 Å². The minimum Gasteiger partial charge on any atom is -0.322 e. The molecule has 24 heavy (non-hydrogen) atoms. The predicted octanol–water partition coefficient (Wildman–Crippen LogP) is 3.35. The van der Waals surface area contributed by atoms with Gasteiger partial charge in [0.15, 0.2) is 0 Å². The predicted molar refractivity (Wildman–Crippen MR) is 99.1 cm³/mol. The van der Waals surface area contributed by atoms with Gasteiger partial charge >= 0.3 is 0 Å². The summed E-state index contributed by atoms with van der Waals surface area (Å²) in [7, 11) is -0.620. The first-order chi connectivity index (χ1) is 11.3. The number of amides is 1. The van der Waals surface area contributed by atoms with Crippen molar-refractivity contribution in [1.29, 1.82) is 0 Å². The van der Waals surface area contributed by atoms with Crippen LogP contribution in [0.25, 0.3) is 6.08 Å². The molecule has 0 unspecified atom stereocenters. The van der Waals surface area contributed by atoms with Gasteiger partial charge in [-0.2, -0.15) is 0 Å². The Morgan fingerprint density at radius 3 is 2.50 bits per heavy atom. The van der Waals surface area contributed by atoms with Gasteiger partial charge in [0.25, 0.3) is 0 Å². The van der Waals surface area contributed by atoms with Crippen LogP contribution in [-0.4, -0.2) is 32.7 Å². The number of hydrogen-bond acceptors (Lipinski definition) is 3. The normalized spacial score (nSPS) is 11.8. The fourth-order valence-electron chi connectivity index (χ4n) is 1.90. The summed E-state index contributed by atoms with van der Waals surface area (Å²) in [6.45, 7) is 0. The maximum absolute atomic E-state index is 12.1. The van der Waals surface area contributed by atoms with E-state index in [9.17, 15) is 13.2 Å². The van der Waals surface area contributed by atoms with Crippen molar-refractivity contribution in [2.24, 2.45) is 0 Å². The van der Waals surface area contributed by atoms with Crippen LogP contribution in [0.2, 0.25) is 0 Å². The molecule has 0 aromatic heterocycles. The van der Waals surface area contributed by atoms with Crippen molar-refractivity contribution >= 4 is 43.6 Å². The summed E-state index contributed by atoms with van der Waals surface area (Å²) in [4.78, 5) is 12.1. The number of halogens is 1. The molecule has 126 valence electrons. The number of sulfonamides is 1. The molecule has 2 rings (SSSR count). The molecular formula is C17H17BrN2O3S. The molecule has 0 aliphatic carbocycles. The number of nitrogens with zero attached hydrogens (tertiary/aromatic N) is 1. The molecule has 2 aromatic rings. The zero-order valence-electron chi connectivity index (χ0n) is 13.2. The fourth-order valence-corrected chi connectivity index (χ4v) is 3.27. The topological polar surface area (TPSA) is 66.5 Å². The van der Waals surface area contributed by atoms with Crippen molar-refractivity contribution in [2.45, 2.75) is 4.90 Å². The zero-order chi connectivity index (χ0) is 17.7. The largest absolute Gasteiger partial charge is 0.322 e. The van der Waals surface area contributed by atoms with Gasteiger partial charge in [-0.1, -0.05) is 40.2 Å². The SMILES string of the molecule is CN(C)S(=O)(=O)c1cccc(NC(=O)/C=C/c2ccccc2Br)c1. The second-order valence-corrected chi connectivity index (χ2v) is 8.17. The van der Waals surface area contributed by atoms with E-state index in [0.29, 0.717) is 5.69 Å². The molecule has 0 bridgehead atoms. The van der Waals surface area contributed by atoms with E-state index < -0.39 is 10.0 Å². The molecule has 0 spiro atoms. The highest BCUT2D eigenvalue weighted by Crippen LogP contribution is 2.19. The number of hydrogen-bond donors (Lipinski definition) is 1. The van der Waals surface area contributed by atoms with Gasteiger partial charge < -0.3 is 5.32 Å². The highest BCUT2D eigenvalue weighted by Gasteiger charge is 2.17. The Morgan fingerprint density at radius 2 is 1.83 bits per heavy atom. The summed E-state index contributed by atoms with van der Waals surface area (Å²) in [6.07, 6.45) is 3.08. The first-order valence-electron chi connectivity index (χ1n) is 7.07. The Labute approximate surface area is 150 Å². The lowest BCUT2D eigenvalue weighted by Crippen LogP contribution is -2.22. The minimum atomic E-state index is -3.54. The van der Waals surface area contributed by atoms with Crippen molar-refractivity contribution in [3.05, 3.63) is 64.6 Å². The first kappa shape index (κ1) is 18.4. The Morgan fingerprint density at radius 1 is 1.12 bits per heavy atom. The van der Waals surface area contributed by atoms with Crippen molar-refractivity contribution < 1.29 is 13.2 Å². The van der Waals surface area contributed by atoms with Crippen LogP contribution in [0.3, 0.4) is 0 Å². The average molecular weight is 409 g/mol. The third kappa shape index (κ3) is 4.53. The highest BCUT2D eigenvalue weighted by atomic mass is 79.9. The maximum atomic E-state index is 12.1. The molecule has 2 aromatic carbocycles. The summed E-state index contributed by atoms with van der Waals surface area (Å²) in [5.74, 6) is -0.342. The Kier molecular flexibility index (Phi) is 5.93. The van der Waals surface area contributed by atoms with E-state index in [1.54, 1.807) is 18.2 Å². The summed E-state index contributed by atoms with van der Waals surface area (Å²) in [5.41, 5.74) is 1.29. The van der Waals surface area contributed by atoms with E-state index >= 15 is 0 Å². The van der Waals surface area contributed by atoms with E-state index in [0.717, 1.165) is 14.3 Å². The molecule has 0 heterocycles. The summed E-state index contributed by atoms with van der Waals surface area (Å²) < 4.78 is 26.2. The lowest BCUT2D eigenvalue weighted by Gasteiger charge is -2.12. The van der Waals surface area contributed by atoms with E-state index in [1.807, 2.05) is 24.3 Å². The van der Waals surface area contributed by atoms with Gasteiger partial charge in [-0.25, -0.2) is 12.7 Å². The molecule has 1 amide bonds. The molecule has 0 aliphatic rings. The van der Waals surface area contributed by atoms with E-state index in [2.05, 4.69) is 21.2 Å². The van der Waals surface area contributed by atoms with Crippen LogP contribution >= 0.6 is 15.9 Å². The van der Waals surface area contributed by atoms with Gasteiger partial charge in [0.1, 0.15) is 0 Å². The van der Waals surface area contributed by atoms with Crippen LogP contribution in [0.5, 0.6) is 0 Å². The third-order valence-electron chi connectivity index (χ3n) is 3.20. The number of benzene rings is 2. The van der Waals surface area contributed by atoms with Crippen LogP contribution in [0.1, 0.15) is 5.56 Å². The monoisotopic (exact) mass is 408 g/mol. The van der Waals surface area contributed by atoms with Gasteiger partial charge in [0.2, 0.25) is 15.9 Å². The second-order valence-electron chi connectivity index (χ2n) is 5.16. The Bertz CT molecular complexity index is 877. The lowest BCUT2D eigenvalue weighted by molar-refractivity contribution is -0.111. The molecular weight excluding hydrogens is 392 g/mol. The molecule has 0 fully saturated rings. The van der Waals surface area contributed by atoms with Crippen LogP contribution in [0.4, 0.5) is 5.69 Å². The van der Waals surface area contributed by atoms with Gasteiger partial charge in [-0.3, -0.25) is 4.79 Å². The number of carbonyl (C=O) groups excluding carboxylic acids is 1. The number of anilines is 1. The molecule has 0 aliphatic heterocycles. The van der Waals surface area contributed by atoms with Gasteiger partial charge in [0, 0.05) is 30.3 Å². The molecule has 1 N–H and O–H groups in total. The zero-order valence-corrected chi connectivity index (χ0v) is 15.6. The van der Waals surface area contributed by atoms with E-state index in [-0.39, 0.29) is 10.8 Å². The molecule has 0 saturated carbocycles. The summed E-state index contributed by atoms with van der Waals surface area (Å²) in [6, 6.07) is 13.7. The number of rotatable bonds is 5. The Balaban J connectivity index is 2.14. The standard InChI is InChI=1S/C17H17BrN2O3S/c1-20(2)24(22,23)15-8-5-7-14(12-15)19-17(21)11-10-13-6-3-4-9-16(13)18/h3-12H,1-2H3,(H,19,21)/b11-10+. The van der Waals surface area contributed by atoms with Gasteiger partial charge in [0.05, 0.1) is 4.90 Å². The molecule has 5 nitrogen and oxygen atoms in total. The van der Waals surface area contributed by atoms with Crippen LogP contribution < -0.4 is 5.32 Å². The lowest BCUT2D eigenvalue weighted by atomic mass is 10.2.